The van der Waals surface area contributed by atoms with Gasteiger partial charge in [-0.15, -0.1) is 0 Å². The molecule has 2 aliphatic rings. The van der Waals surface area contributed by atoms with Gasteiger partial charge in [0.1, 0.15) is 0 Å². The standard InChI is InChI=1S/C24H39N3O/c1-26-23(28)24(25,16-15-19-9-4-2-5-10-19)18-20-11-8-14-22(17-20)27-21-12-6-3-7-13-21/h3,6-7,12-13,19-20,22,27H,2,4-5,8-11,14-18,25H2,1H3,(H,26,28)/t20-,22+,24+/m0/s1. The minimum atomic E-state index is -0.717. The van der Waals surface area contributed by atoms with Crippen LogP contribution in [0.5, 0.6) is 0 Å². The summed E-state index contributed by atoms with van der Waals surface area (Å²) in [5, 5.41) is 6.54. The molecule has 2 saturated carbocycles. The number of carbonyl (C=O) groups is 1. The molecular formula is C24H39N3O. The third kappa shape index (κ3) is 5.97. The van der Waals surface area contributed by atoms with Crippen LogP contribution in [0.2, 0.25) is 0 Å². The molecule has 3 rings (SSSR count). The van der Waals surface area contributed by atoms with Gasteiger partial charge in [0.15, 0.2) is 0 Å². The second-order valence-electron chi connectivity index (χ2n) is 9.22. The predicted molar refractivity (Wildman–Crippen MR) is 117 cm³/mol. The zero-order chi connectivity index (χ0) is 19.8. The topological polar surface area (TPSA) is 67.2 Å². The van der Waals surface area contributed by atoms with Gasteiger partial charge in [-0.25, -0.2) is 0 Å². The van der Waals surface area contributed by atoms with Crippen LogP contribution in [0.25, 0.3) is 0 Å². The van der Waals surface area contributed by atoms with Crippen LogP contribution in [0.4, 0.5) is 5.69 Å². The minimum absolute atomic E-state index is 0.0291. The average Bonchev–Trinajstić information content (AvgIpc) is 2.73. The fourth-order valence-electron chi connectivity index (χ4n) is 5.39. The first-order chi connectivity index (χ1) is 13.6. The fraction of sp³-hybridized carbons (Fsp3) is 0.708. The molecule has 1 aromatic rings. The first-order valence-electron chi connectivity index (χ1n) is 11.4. The van der Waals surface area contributed by atoms with Gasteiger partial charge in [0.2, 0.25) is 5.91 Å². The maximum absolute atomic E-state index is 12.7. The van der Waals surface area contributed by atoms with Crippen molar-refractivity contribution < 1.29 is 4.79 Å². The number of likely N-dealkylation sites (N-methyl/N-ethyl adjacent to an activating group) is 1. The molecule has 0 spiro atoms. The highest BCUT2D eigenvalue weighted by molar-refractivity contribution is 5.85. The molecule has 4 nitrogen and oxygen atoms in total. The van der Waals surface area contributed by atoms with E-state index in [1.165, 1.54) is 57.1 Å². The van der Waals surface area contributed by atoms with Crippen molar-refractivity contribution in [1.29, 1.82) is 0 Å². The minimum Gasteiger partial charge on any atom is -0.382 e. The number of hydrogen-bond donors (Lipinski definition) is 3. The number of para-hydroxylation sites is 1. The number of nitrogens with two attached hydrogens (primary N) is 1. The number of benzene rings is 1. The molecule has 28 heavy (non-hydrogen) atoms. The zero-order valence-corrected chi connectivity index (χ0v) is 17.6. The molecule has 2 fully saturated rings. The molecule has 0 radical (unpaired) electrons. The van der Waals surface area contributed by atoms with Crippen LogP contribution in [-0.4, -0.2) is 24.5 Å². The molecule has 0 bridgehead atoms. The summed E-state index contributed by atoms with van der Waals surface area (Å²) >= 11 is 0. The van der Waals surface area contributed by atoms with E-state index in [9.17, 15) is 4.79 Å². The van der Waals surface area contributed by atoms with E-state index in [1.807, 2.05) is 6.07 Å². The van der Waals surface area contributed by atoms with Gasteiger partial charge >= 0.3 is 0 Å². The van der Waals surface area contributed by atoms with E-state index in [0.717, 1.165) is 31.6 Å². The van der Waals surface area contributed by atoms with E-state index in [1.54, 1.807) is 7.05 Å². The lowest BCUT2D eigenvalue weighted by molar-refractivity contribution is -0.127. The molecule has 0 unspecified atom stereocenters. The van der Waals surface area contributed by atoms with Crippen molar-refractivity contribution in [3.05, 3.63) is 30.3 Å². The van der Waals surface area contributed by atoms with Gasteiger partial charge in [0.05, 0.1) is 5.54 Å². The normalized spacial score (nSPS) is 25.6. The Hall–Kier alpha value is -1.55. The Morgan fingerprint density at radius 1 is 1.04 bits per heavy atom. The van der Waals surface area contributed by atoms with E-state index in [2.05, 4.69) is 34.9 Å². The third-order valence-electron chi connectivity index (χ3n) is 6.98. The Balaban J connectivity index is 1.57. The quantitative estimate of drug-likeness (QED) is 0.599. The van der Waals surface area contributed by atoms with Gasteiger partial charge in [-0.2, -0.15) is 0 Å². The third-order valence-corrected chi connectivity index (χ3v) is 6.98. The molecule has 1 aromatic carbocycles. The molecule has 4 heteroatoms. The van der Waals surface area contributed by atoms with Crippen LogP contribution in [0.3, 0.4) is 0 Å². The smallest absolute Gasteiger partial charge is 0.239 e. The van der Waals surface area contributed by atoms with Crippen molar-refractivity contribution in [2.24, 2.45) is 17.6 Å². The number of nitrogens with one attached hydrogen (secondary N) is 2. The predicted octanol–water partition coefficient (Wildman–Crippen LogP) is 4.85. The molecule has 0 heterocycles. The molecule has 0 aromatic heterocycles. The van der Waals surface area contributed by atoms with Crippen LogP contribution in [0.15, 0.2) is 30.3 Å². The van der Waals surface area contributed by atoms with Crippen LogP contribution in [-0.2, 0) is 4.79 Å². The summed E-state index contributed by atoms with van der Waals surface area (Å²) in [5.74, 6) is 1.31. The Kier molecular flexibility index (Phi) is 7.78. The summed E-state index contributed by atoms with van der Waals surface area (Å²) in [5.41, 5.74) is 7.24. The van der Waals surface area contributed by atoms with Crippen LogP contribution in [0, 0.1) is 11.8 Å². The first kappa shape index (κ1) is 21.2. The van der Waals surface area contributed by atoms with Gasteiger partial charge in [0.25, 0.3) is 0 Å². The summed E-state index contributed by atoms with van der Waals surface area (Å²) in [6, 6.07) is 10.9. The van der Waals surface area contributed by atoms with E-state index >= 15 is 0 Å². The van der Waals surface area contributed by atoms with Gasteiger partial charge in [0, 0.05) is 18.8 Å². The molecule has 3 atom stereocenters. The van der Waals surface area contributed by atoms with Crippen LogP contribution >= 0.6 is 0 Å². The summed E-state index contributed by atoms with van der Waals surface area (Å²) in [7, 11) is 1.73. The second-order valence-corrected chi connectivity index (χ2v) is 9.22. The number of carbonyl (C=O) groups excluding carboxylic acids is 1. The lowest BCUT2D eigenvalue weighted by Crippen LogP contribution is -2.54. The zero-order valence-electron chi connectivity index (χ0n) is 17.6. The van der Waals surface area contributed by atoms with E-state index in [4.69, 9.17) is 5.73 Å². The van der Waals surface area contributed by atoms with Gasteiger partial charge in [-0.05, 0) is 56.1 Å². The maximum Gasteiger partial charge on any atom is 0.239 e. The van der Waals surface area contributed by atoms with Crippen LogP contribution < -0.4 is 16.4 Å². The molecule has 0 saturated heterocycles. The Morgan fingerprint density at radius 2 is 1.75 bits per heavy atom. The molecule has 2 aliphatic carbocycles. The van der Waals surface area contributed by atoms with Gasteiger partial charge in [-0.1, -0.05) is 63.1 Å². The summed E-state index contributed by atoms with van der Waals surface area (Å²) in [6.45, 7) is 0. The Bertz CT molecular complexity index is 599. The summed E-state index contributed by atoms with van der Waals surface area (Å²) < 4.78 is 0. The molecule has 4 N–H and O–H groups in total. The van der Waals surface area contributed by atoms with Crippen LogP contribution in [0.1, 0.15) is 77.0 Å². The van der Waals surface area contributed by atoms with E-state index < -0.39 is 5.54 Å². The van der Waals surface area contributed by atoms with Crippen molar-refractivity contribution in [3.8, 4) is 0 Å². The lowest BCUT2D eigenvalue weighted by atomic mass is 9.74. The highest BCUT2D eigenvalue weighted by Gasteiger charge is 2.37. The molecule has 156 valence electrons. The average molecular weight is 386 g/mol. The maximum atomic E-state index is 12.7. The molecule has 1 amide bonds. The SMILES string of the molecule is CNC(=O)[C@@](N)(CCC1CCCCC1)C[C@H]1CCC[C@@H](Nc2ccccc2)C1. The van der Waals surface area contributed by atoms with Gasteiger partial charge in [-0.3, -0.25) is 4.79 Å². The number of amides is 1. The Labute approximate surface area is 171 Å². The summed E-state index contributed by atoms with van der Waals surface area (Å²) in [4.78, 5) is 12.7. The van der Waals surface area contributed by atoms with Crippen molar-refractivity contribution in [3.63, 3.8) is 0 Å². The molecular weight excluding hydrogens is 346 g/mol. The fourth-order valence-corrected chi connectivity index (χ4v) is 5.39. The van der Waals surface area contributed by atoms with Crippen molar-refractivity contribution >= 4 is 11.6 Å². The van der Waals surface area contributed by atoms with Crippen molar-refractivity contribution in [2.45, 2.75) is 88.6 Å². The monoisotopic (exact) mass is 385 g/mol. The first-order valence-corrected chi connectivity index (χ1v) is 11.4. The Morgan fingerprint density at radius 3 is 2.46 bits per heavy atom. The largest absolute Gasteiger partial charge is 0.382 e. The number of rotatable bonds is 8. The summed E-state index contributed by atoms with van der Waals surface area (Å²) in [6.07, 6.45) is 14.1. The van der Waals surface area contributed by atoms with E-state index in [-0.39, 0.29) is 5.91 Å². The second kappa shape index (κ2) is 10.3. The number of hydrogen-bond acceptors (Lipinski definition) is 3. The highest BCUT2D eigenvalue weighted by atomic mass is 16.2. The van der Waals surface area contributed by atoms with Gasteiger partial charge < -0.3 is 16.4 Å². The molecule has 0 aliphatic heterocycles. The van der Waals surface area contributed by atoms with Crippen molar-refractivity contribution in [2.75, 3.05) is 12.4 Å². The van der Waals surface area contributed by atoms with Crippen molar-refractivity contribution in [1.82, 2.24) is 5.32 Å². The number of anilines is 1. The highest BCUT2D eigenvalue weighted by Crippen LogP contribution is 2.35. The van der Waals surface area contributed by atoms with E-state index in [0.29, 0.717) is 12.0 Å². The lowest BCUT2D eigenvalue weighted by Gasteiger charge is -2.37.